The Bertz CT molecular complexity index is 662. The van der Waals surface area contributed by atoms with Gasteiger partial charge in [-0.1, -0.05) is 12.1 Å². The van der Waals surface area contributed by atoms with Gasteiger partial charge in [0.25, 0.3) is 5.91 Å². The van der Waals surface area contributed by atoms with Crippen molar-refractivity contribution in [2.24, 2.45) is 11.7 Å². The van der Waals surface area contributed by atoms with Crippen LogP contribution in [0.5, 0.6) is 0 Å². The largest absolute Gasteiger partial charge is 0.367 e. The Balaban J connectivity index is 1.72. The molecule has 22 heavy (non-hydrogen) atoms. The summed E-state index contributed by atoms with van der Waals surface area (Å²) in [5.74, 6) is 0.361. The second-order valence-corrected chi connectivity index (χ2v) is 5.65. The lowest BCUT2D eigenvalue weighted by atomic mass is 10.0. The fraction of sp³-hybridized carbons (Fsp3) is 0.294. The quantitative estimate of drug-likeness (QED) is 0.842. The first-order chi connectivity index (χ1) is 10.7. The molecule has 2 heterocycles. The lowest BCUT2D eigenvalue weighted by Gasteiger charge is -2.16. The summed E-state index contributed by atoms with van der Waals surface area (Å²) in [6.07, 6.45) is 4.34. The number of amides is 1. The number of carbonyl (C=O) groups is 2. The van der Waals surface area contributed by atoms with E-state index in [1.807, 2.05) is 4.90 Å². The molecule has 1 aromatic carbocycles. The maximum Gasteiger partial charge on any atom is 0.253 e. The van der Waals surface area contributed by atoms with E-state index in [9.17, 15) is 9.59 Å². The van der Waals surface area contributed by atoms with Gasteiger partial charge in [0.1, 0.15) is 0 Å². The van der Waals surface area contributed by atoms with Crippen LogP contribution >= 0.6 is 0 Å². The number of hydrogen-bond donors (Lipinski definition) is 2. The molecule has 114 valence electrons. The van der Waals surface area contributed by atoms with Crippen molar-refractivity contribution in [2.75, 3.05) is 19.6 Å². The highest BCUT2D eigenvalue weighted by atomic mass is 16.2. The van der Waals surface area contributed by atoms with Crippen molar-refractivity contribution in [2.45, 2.75) is 6.42 Å². The lowest BCUT2D eigenvalue weighted by Crippen LogP contribution is -2.29. The number of rotatable bonds is 4. The number of ketones is 1. The van der Waals surface area contributed by atoms with Gasteiger partial charge in [0, 0.05) is 42.2 Å². The minimum Gasteiger partial charge on any atom is -0.367 e. The number of aromatic nitrogens is 1. The zero-order valence-corrected chi connectivity index (χ0v) is 12.3. The number of likely N-dealkylation sites (tertiary alicyclic amines) is 1. The number of hydrogen-bond acceptors (Lipinski definition) is 3. The number of aromatic amines is 1. The highest BCUT2D eigenvalue weighted by Gasteiger charge is 2.26. The Kier molecular flexibility index (Phi) is 4.06. The van der Waals surface area contributed by atoms with E-state index in [1.165, 1.54) is 0 Å². The first-order valence-corrected chi connectivity index (χ1v) is 7.46. The number of nitrogens with one attached hydrogen (secondary N) is 1. The predicted molar refractivity (Wildman–Crippen MR) is 83.7 cm³/mol. The van der Waals surface area contributed by atoms with Gasteiger partial charge in [0.15, 0.2) is 5.78 Å². The first kappa shape index (κ1) is 14.5. The SMILES string of the molecule is NCC1CCN(C(=O)c2ccc(C(=O)c3cc[nH]c3)cc2)C1. The van der Waals surface area contributed by atoms with Crippen LogP contribution in [0.3, 0.4) is 0 Å². The van der Waals surface area contributed by atoms with Gasteiger partial charge in [0.05, 0.1) is 0 Å². The van der Waals surface area contributed by atoms with Crippen LogP contribution in [0.2, 0.25) is 0 Å². The van der Waals surface area contributed by atoms with Gasteiger partial charge in [0.2, 0.25) is 0 Å². The fourth-order valence-electron chi connectivity index (χ4n) is 2.79. The Morgan fingerprint density at radius 3 is 2.45 bits per heavy atom. The van der Waals surface area contributed by atoms with Gasteiger partial charge in [-0.05, 0) is 37.1 Å². The van der Waals surface area contributed by atoms with Gasteiger partial charge in [-0.25, -0.2) is 0 Å². The van der Waals surface area contributed by atoms with Crippen molar-refractivity contribution in [1.29, 1.82) is 0 Å². The molecule has 0 radical (unpaired) electrons. The highest BCUT2D eigenvalue weighted by Crippen LogP contribution is 2.18. The zero-order chi connectivity index (χ0) is 15.5. The smallest absolute Gasteiger partial charge is 0.253 e. The van der Waals surface area contributed by atoms with Gasteiger partial charge in [-0.2, -0.15) is 0 Å². The Hall–Kier alpha value is -2.40. The van der Waals surface area contributed by atoms with Crippen LogP contribution in [0, 0.1) is 5.92 Å². The number of nitrogens with zero attached hydrogens (tertiary/aromatic N) is 1. The van der Waals surface area contributed by atoms with E-state index < -0.39 is 0 Å². The van der Waals surface area contributed by atoms with Crippen molar-refractivity contribution in [3.05, 3.63) is 59.4 Å². The van der Waals surface area contributed by atoms with Crippen LogP contribution in [-0.4, -0.2) is 41.2 Å². The fourth-order valence-corrected chi connectivity index (χ4v) is 2.79. The van der Waals surface area contributed by atoms with Crippen molar-refractivity contribution in [1.82, 2.24) is 9.88 Å². The molecule has 1 saturated heterocycles. The van der Waals surface area contributed by atoms with Crippen molar-refractivity contribution in [3.8, 4) is 0 Å². The Morgan fingerprint density at radius 2 is 1.86 bits per heavy atom. The first-order valence-electron chi connectivity index (χ1n) is 7.46. The molecule has 5 nitrogen and oxygen atoms in total. The maximum atomic E-state index is 12.4. The molecule has 0 aliphatic carbocycles. The predicted octanol–water partition coefficient (Wildman–Crippen LogP) is 1.67. The Morgan fingerprint density at radius 1 is 1.14 bits per heavy atom. The van der Waals surface area contributed by atoms with E-state index in [2.05, 4.69) is 4.98 Å². The van der Waals surface area contributed by atoms with E-state index in [0.29, 0.717) is 29.2 Å². The molecule has 1 amide bonds. The number of benzene rings is 1. The van der Waals surface area contributed by atoms with E-state index in [0.717, 1.165) is 19.5 Å². The third-order valence-electron chi connectivity index (χ3n) is 4.16. The van der Waals surface area contributed by atoms with Crippen LogP contribution in [-0.2, 0) is 0 Å². The molecular weight excluding hydrogens is 278 g/mol. The number of H-pyrrole nitrogens is 1. The molecule has 1 unspecified atom stereocenters. The highest BCUT2D eigenvalue weighted by molar-refractivity contribution is 6.09. The molecule has 0 spiro atoms. The van der Waals surface area contributed by atoms with Crippen molar-refractivity contribution in [3.63, 3.8) is 0 Å². The van der Waals surface area contributed by atoms with Crippen molar-refractivity contribution >= 4 is 11.7 Å². The molecule has 3 N–H and O–H groups in total. The number of nitrogens with two attached hydrogens (primary N) is 1. The topological polar surface area (TPSA) is 79.2 Å². The van der Waals surface area contributed by atoms with Crippen LogP contribution in [0.15, 0.2) is 42.7 Å². The van der Waals surface area contributed by atoms with Crippen LogP contribution in [0.25, 0.3) is 0 Å². The Labute approximate surface area is 129 Å². The summed E-state index contributed by atoms with van der Waals surface area (Å²) < 4.78 is 0. The van der Waals surface area contributed by atoms with E-state index in [4.69, 9.17) is 5.73 Å². The molecule has 1 aromatic heterocycles. The van der Waals surface area contributed by atoms with Crippen molar-refractivity contribution < 1.29 is 9.59 Å². The molecule has 0 saturated carbocycles. The molecular formula is C17H19N3O2. The third-order valence-corrected chi connectivity index (χ3v) is 4.16. The third kappa shape index (κ3) is 2.80. The minimum absolute atomic E-state index is 0.0107. The molecule has 1 aliphatic heterocycles. The van der Waals surface area contributed by atoms with Gasteiger partial charge >= 0.3 is 0 Å². The van der Waals surface area contributed by atoms with E-state index >= 15 is 0 Å². The second kappa shape index (κ2) is 6.15. The molecule has 0 bridgehead atoms. The number of carbonyl (C=O) groups excluding carboxylic acids is 2. The second-order valence-electron chi connectivity index (χ2n) is 5.65. The monoisotopic (exact) mass is 297 g/mol. The van der Waals surface area contributed by atoms with Gasteiger partial charge in [-0.3, -0.25) is 9.59 Å². The van der Waals surface area contributed by atoms with Crippen LogP contribution < -0.4 is 5.73 Å². The molecule has 3 rings (SSSR count). The van der Waals surface area contributed by atoms with Crippen LogP contribution in [0.1, 0.15) is 32.7 Å². The molecule has 1 aliphatic rings. The molecule has 1 fully saturated rings. The molecule has 5 heteroatoms. The summed E-state index contributed by atoms with van der Waals surface area (Å²) >= 11 is 0. The van der Waals surface area contributed by atoms with Gasteiger partial charge < -0.3 is 15.6 Å². The van der Waals surface area contributed by atoms with Crippen LogP contribution in [0.4, 0.5) is 0 Å². The minimum atomic E-state index is -0.0513. The molecule has 2 aromatic rings. The molecule has 1 atom stereocenters. The lowest BCUT2D eigenvalue weighted by molar-refractivity contribution is 0.0787. The van der Waals surface area contributed by atoms with Gasteiger partial charge in [-0.15, -0.1) is 0 Å². The summed E-state index contributed by atoms with van der Waals surface area (Å²) in [7, 11) is 0. The summed E-state index contributed by atoms with van der Waals surface area (Å²) in [5, 5.41) is 0. The normalized spacial score (nSPS) is 17.7. The average Bonchev–Trinajstić information content (AvgIpc) is 3.25. The summed E-state index contributed by atoms with van der Waals surface area (Å²) in [6, 6.07) is 8.59. The average molecular weight is 297 g/mol. The maximum absolute atomic E-state index is 12.4. The van der Waals surface area contributed by atoms with E-state index in [1.54, 1.807) is 42.7 Å². The standard InChI is InChI=1S/C17H19N3O2/c18-9-12-6-8-20(11-12)17(22)14-3-1-13(2-4-14)16(21)15-5-7-19-10-15/h1-5,7,10,12,19H,6,8-9,11,18H2. The van der Waals surface area contributed by atoms with E-state index in [-0.39, 0.29) is 11.7 Å². The summed E-state index contributed by atoms with van der Waals surface area (Å²) in [6.45, 7) is 2.10. The summed E-state index contributed by atoms with van der Waals surface area (Å²) in [5.41, 5.74) is 7.47. The zero-order valence-electron chi connectivity index (χ0n) is 12.3. The summed E-state index contributed by atoms with van der Waals surface area (Å²) in [4.78, 5) is 29.3.